The minimum Gasteiger partial charge on any atom is -0.335 e. The van der Waals surface area contributed by atoms with Gasteiger partial charge in [-0.05, 0) is 38.4 Å². The monoisotopic (exact) mass is 281 g/mol. The maximum Gasteiger partial charge on any atom is 0.245 e. The Balaban J connectivity index is 1.73. The average Bonchev–Trinajstić information content (AvgIpc) is 2.92. The highest BCUT2D eigenvalue weighted by Gasteiger charge is 2.28. The van der Waals surface area contributed by atoms with Gasteiger partial charge in [-0.1, -0.05) is 6.42 Å². The molecule has 1 aromatic rings. The second-order valence-electron chi connectivity index (χ2n) is 5.62. The summed E-state index contributed by atoms with van der Waals surface area (Å²) in [5, 5.41) is 8.07. The lowest BCUT2D eigenvalue weighted by Crippen LogP contribution is -2.51. The van der Waals surface area contributed by atoms with Crippen LogP contribution in [0.25, 0.3) is 0 Å². The molecule has 106 valence electrons. The lowest BCUT2D eigenvalue weighted by atomic mass is 9.99. The van der Waals surface area contributed by atoms with Crippen molar-refractivity contribution >= 4 is 17.7 Å². The van der Waals surface area contributed by atoms with Crippen molar-refractivity contribution in [3.8, 4) is 0 Å². The molecule has 3 unspecified atom stereocenters. The molecule has 3 N–H and O–H groups in total. The number of H-pyrrole nitrogens is 1. The van der Waals surface area contributed by atoms with Crippen molar-refractivity contribution < 1.29 is 0 Å². The van der Waals surface area contributed by atoms with E-state index >= 15 is 0 Å². The lowest BCUT2D eigenvalue weighted by Gasteiger charge is -2.36. The zero-order valence-corrected chi connectivity index (χ0v) is 12.3. The predicted molar refractivity (Wildman–Crippen MR) is 79.5 cm³/mol. The number of anilines is 1. The van der Waals surface area contributed by atoms with Gasteiger partial charge in [0.1, 0.15) is 5.82 Å². The summed E-state index contributed by atoms with van der Waals surface area (Å²) in [5.74, 6) is 3.13. The number of hydrogen-bond donors (Lipinski definition) is 2. The maximum atomic E-state index is 6.14. The molecule has 6 heteroatoms. The van der Waals surface area contributed by atoms with Crippen molar-refractivity contribution in [2.24, 2.45) is 5.73 Å². The zero-order valence-electron chi connectivity index (χ0n) is 11.5. The largest absolute Gasteiger partial charge is 0.335 e. The Bertz CT molecular complexity index is 415. The number of thioether (sulfide) groups is 1. The van der Waals surface area contributed by atoms with Gasteiger partial charge in [-0.15, -0.1) is 5.10 Å². The molecule has 1 aromatic heterocycles. The highest BCUT2D eigenvalue weighted by molar-refractivity contribution is 7.99. The van der Waals surface area contributed by atoms with Crippen molar-refractivity contribution in [3.63, 3.8) is 0 Å². The van der Waals surface area contributed by atoms with E-state index in [1.165, 1.54) is 25.0 Å². The average molecular weight is 281 g/mol. The Hall–Kier alpha value is -0.750. The first-order chi connectivity index (χ1) is 9.25. The van der Waals surface area contributed by atoms with Crippen LogP contribution in [0.2, 0.25) is 0 Å². The maximum absolute atomic E-state index is 6.14. The molecule has 3 rings (SSSR count). The summed E-state index contributed by atoms with van der Waals surface area (Å²) < 4.78 is 0. The molecule has 0 amide bonds. The standard InChI is InChI=1S/C13H23N5S/c1-9-10(14)5-4-7-18(9)13-15-12(16-17-13)11-6-2-3-8-19-11/h9-11H,2-8,14H2,1H3,(H,15,16,17). The predicted octanol–water partition coefficient (Wildman–Crippen LogP) is 2.08. The highest BCUT2D eigenvalue weighted by Crippen LogP contribution is 2.37. The summed E-state index contributed by atoms with van der Waals surface area (Å²) in [5.41, 5.74) is 6.14. The molecule has 0 radical (unpaired) electrons. The fourth-order valence-corrected chi connectivity index (χ4v) is 4.20. The number of aromatic amines is 1. The van der Waals surface area contributed by atoms with Crippen molar-refractivity contribution in [2.45, 2.75) is 56.4 Å². The van der Waals surface area contributed by atoms with Gasteiger partial charge in [0.2, 0.25) is 5.95 Å². The van der Waals surface area contributed by atoms with Gasteiger partial charge in [0.15, 0.2) is 0 Å². The smallest absolute Gasteiger partial charge is 0.245 e. The van der Waals surface area contributed by atoms with Crippen LogP contribution in [0.1, 0.15) is 50.1 Å². The number of nitrogens with zero attached hydrogens (tertiary/aromatic N) is 3. The molecule has 2 fully saturated rings. The van der Waals surface area contributed by atoms with Crippen LogP contribution in [0.15, 0.2) is 0 Å². The van der Waals surface area contributed by atoms with E-state index in [0.29, 0.717) is 11.3 Å². The molecule has 5 nitrogen and oxygen atoms in total. The molecular formula is C13H23N5S. The van der Waals surface area contributed by atoms with E-state index in [2.05, 4.69) is 22.0 Å². The summed E-state index contributed by atoms with van der Waals surface area (Å²) >= 11 is 2.00. The van der Waals surface area contributed by atoms with Gasteiger partial charge in [-0.25, -0.2) is 0 Å². The molecule has 0 bridgehead atoms. The molecule has 0 aromatic carbocycles. The summed E-state index contributed by atoms with van der Waals surface area (Å²) in [6, 6.07) is 0.566. The highest BCUT2D eigenvalue weighted by atomic mass is 32.2. The number of rotatable bonds is 2. The molecule has 2 aliphatic heterocycles. The number of aromatic nitrogens is 3. The molecule has 3 atom stereocenters. The molecule has 2 aliphatic rings. The third kappa shape index (κ3) is 2.74. The molecule has 0 spiro atoms. The summed E-state index contributed by atoms with van der Waals surface area (Å²) in [7, 11) is 0. The normalized spacial score (nSPS) is 32.5. The zero-order chi connectivity index (χ0) is 13.2. The van der Waals surface area contributed by atoms with E-state index in [9.17, 15) is 0 Å². The third-order valence-electron chi connectivity index (χ3n) is 4.28. The number of piperidine rings is 1. The Morgan fingerprint density at radius 2 is 2.21 bits per heavy atom. The number of nitrogens with two attached hydrogens (primary N) is 1. The Morgan fingerprint density at radius 3 is 3.00 bits per heavy atom. The first-order valence-corrected chi connectivity index (χ1v) is 8.36. The lowest BCUT2D eigenvalue weighted by molar-refractivity contribution is 0.415. The van der Waals surface area contributed by atoms with Gasteiger partial charge in [-0.2, -0.15) is 16.7 Å². The summed E-state index contributed by atoms with van der Waals surface area (Å²) in [4.78, 5) is 6.98. The van der Waals surface area contributed by atoms with Crippen molar-refractivity contribution in [1.82, 2.24) is 15.2 Å². The van der Waals surface area contributed by atoms with Gasteiger partial charge in [0.25, 0.3) is 0 Å². The molecule has 19 heavy (non-hydrogen) atoms. The van der Waals surface area contributed by atoms with Crippen LogP contribution >= 0.6 is 11.8 Å². The van der Waals surface area contributed by atoms with Crippen LogP contribution in [-0.4, -0.2) is 39.6 Å². The van der Waals surface area contributed by atoms with Crippen LogP contribution in [0, 0.1) is 0 Å². The second kappa shape index (κ2) is 5.71. The van der Waals surface area contributed by atoms with E-state index in [0.717, 1.165) is 31.2 Å². The molecule has 2 saturated heterocycles. The first kappa shape index (κ1) is 13.2. The van der Waals surface area contributed by atoms with Gasteiger partial charge >= 0.3 is 0 Å². The first-order valence-electron chi connectivity index (χ1n) is 7.32. The number of nitrogens with one attached hydrogen (secondary N) is 1. The van der Waals surface area contributed by atoms with Gasteiger partial charge in [-0.3, -0.25) is 5.10 Å². The van der Waals surface area contributed by atoms with E-state index in [1.807, 2.05) is 11.8 Å². The van der Waals surface area contributed by atoms with E-state index < -0.39 is 0 Å². The fourth-order valence-electron chi connectivity index (χ4n) is 2.95. The van der Waals surface area contributed by atoms with E-state index in [-0.39, 0.29) is 6.04 Å². The van der Waals surface area contributed by atoms with E-state index in [1.54, 1.807) is 0 Å². The summed E-state index contributed by atoms with van der Waals surface area (Å²) in [6.45, 7) is 3.19. The van der Waals surface area contributed by atoms with E-state index in [4.69, 9.17) is 10.7 Å². The number of hydrogen-bond acceptors (Lipinski definition) is 5. The van der Waals surface area contributed by atoms with Gasteiger partial charge in [0.05, 0.1) is 5.25 Å². The third-order valence-corrected chi connectivity index (χ3v) is 5.67. The molecule has 0 aliphatic carbocycles. The van der Waals surface area contributed by atoms with Crippen molar-refractivity contribution in [2.75, 3.05) is 17.2 Å². The van der Waals surface area contributed by atoms with Crippen LogP contribution < -0.4 is 10.6 Å². The molecule has 3 heterocycles. The van der Waals surface area contributed by atoms with Crippen molar-refractivity contribution in [3.05, 3.63) is 5.82 Å². The minimum absolute atomic E-state index is 0.236. The fraction of sp³-hybridized carbons (Fsp3) is 0.846. The van der Waals surface area contributed by atoms with Crippen LogP contribution in [0.3, 0.4) is 0 Å². The van der Waals surface area contributed by atoms with Crippen LogP contribution in [0.4, 0.5) is 5.95 Å². The minimum atomic E-state index is 0.236. The van der Waals surface area contributed by atoms with Crippen LogP contribution in [0.5, 0.6) is 0 Å². The van der Waals surface area contributed by atoms with Gasteiger partial charge < -0.3 is 10.6 Å². The SMILES string of the molecule is CC1C(N)CCCN1c1n[nH]c(C2CCCCS2)n1. The quantitative estimate of drug-likeness (QED) is 0.868. The van der Waals surface area contributed by atoms with Gasteiger partial charge in [0, 0.05) is 18.6 Å². The van der Waals surface area contributed by atoms with Crippen LogP contribution in [-0.2, 0) is 0 Å². The molecular weight excluding hydrogens is 258 g/mol. The Morgan fingerprint density at radius 1 is 1.32 bits per heavy atom. The second-order valence-corrected chi connectivity index (χ2v) is 6.93. The topological polar surface area (TPSA) is 70.8 Å². The van der Waals surface area contributed by atoms with Crippen molar-refractivity contribution in [1.29, 1.82) is 0 Å². The molecule has 0 saturated carbocycles. The summed E-state index contributed by atoms with van der Waals surface area (Å²) in [6.07, 6.45) is 6.09. The Labute approximate surface area is 118 Å². The Kier molecular flexibility index (Phi) is 3.98.